The minimum atomic E-state index is -0.339. The maximum Gasteiger partial charge on any atom is 0.155 e. The Balaban J connectivity index is 1.08. The van der Waals surface area contributed by atoms with Crippen molar-refractivity contribution >= 4 is 22.1 Å². The number of aromatic amines is 2. The minimum Gasteiger partial charge on any atom is -0.492 e. The van der Waals surface area contributed by atoms with Gasteiger partial charge in [0.25, 0.3) is 0 Å². The van der Waals surface area contributed by atoms with Gasteiger partial charge in [0.05, 0.1) is 18.0 Å². The second-order valence-electron chi connectivity index (χ2n) is 12.4. The van der Waals surface area contributed by atoms with Crippen molar-refractivity contribution in [2.75, 3.05) is 26.2 Å². The van der Waals surface area contributed by atoms with Gasteiger partial charge in [0.15, 0.2) is 5.65 Å². The van der Waals surface area contributed by atoms with Crippen LogP contribution in [0.15, 0.2) is 67.3 Å². The molecule has 0 unspecified atom stereocenters. The summed E-state index contributed by atoms with van der Waals surface area (Å²) in [5.41, 5.74) is 6.30. The number of hydrogen-bond donors (Lipinski definition) is 2. The fourth-order valence-electron chi connectivity index (χ4n) is 6.79. The average Bonchev–Trinajstić information content (AvgIpc) is 3.85. The molecule has 234 valence electrons. The molecule has 10 heteroatoms. The number of nitrogens with one attached hydrogen (secondary N) is 2. The zero-order valence-electron chi connectivity index (χ0n) is 25.6. The van der Waals surface area contributed by atoms with Gasteiger partial charge in [0, 0.05) is 53.1 Å². The highest BCUT2D eigenvalue weighted by molar-refractivity contribution is 5.99. The number of H-pyrrole nitrogens is 2. The first-order valence-electron chi connectivity index (χ1n) is 16.3. The van der Waals surface area contributed by atoms with Crippen LogP contribution in [0.25, 0.3) is 55.7 Å². The summed E-state index contributed by atoms with van der Waals surface area (Å²) in [4.78, 5) is 19.5. The van der Waals surface area contributed by atoms with E-state index in [1.807, 2.05) is 36.7 Å². The third-order valence-electron chi connectivity index (χ3n) is 9.16. The highest BCUT2D eigenvalue weighted by atomic mass is 19.1. The fraction of sp³-hybridized carbons (Fsp3) is 0.333. The van der Waals surface area contributed by atoms with Crippen molar-refractivity contribution in [3.05, 3.63) is 73.1 Å². The molecule has 1 saturated carbocycles. The summed E-state index contributed by atoms with van der Waals surface area (Å²) >= 11 is 0. The smallest absolute Gasteiger partial charge is 0.155 e. The third-order valence-corrected chi connectivity index (χ3v) is 9.16. The first-order chi connectivity index (χ1) is 22.7. The Labute approximate surface area is 266 Å². The van der Waals surface area contributed by atoms with Crippen molar-refractivity contribution in [1.82, 2.24) is 35.0 Å². The molecule has 8 rings (SSSR count). The van der Waals surface area contributed by atoms with Gasteiger partial charge in [-0.05, 0) is 99.1 Å². The van der Waals surface area contributed by atoms with E-state index in [1.165, 1.54) is 44.2 Å². The van der Waals surface area contributed by atoms with Crippen molar-refractivity contribution in [3.63, 3.8) is 0 Å². The SMILES string of the molecule is Fc1cc(OCCN2CCCC2)cc(-c2ccnc3[nH]c(-c4n[nH]c5ncc(-c6cncc(OC7CCCCC7)c6)cc45)cc23)c1. The molecule has 5 aromatic heterocycles. The predicted molar refractivity (Wildman–Crippen MR) is 176 cm³/mol. The normalized spacial score (nSPS) is 16.0. The summed E-state index contributed by atoms with van der Waals surface area (Å²) in [6.45, 7) is 3.58. The van der Waals surface area contributed by atoms with E-state index in [0.717, 1.165) is 82.6 Å². The summed E-state index contributed by atoms with van der Waals surface area (Å²) in [7, 11) is 0. The predicted octanol–water partition coefficient (Wildman–Crippen LogP) is 7.56. The Morgan fingerprint density at radius 1 is 0.804 bits per heavy atom. The van der Waals surface area contributed by atoms with Gasteiger partial charge >= 0.3 is 0 Å². The number of likely N-dealkylation sites (tertiary alicyclic amines) is 1. The van der Waals surface area contributed by atoms with Crippen LogP contribution in [0, 0.1) is 5.82 Å². The van der Waals surface area contributed by atoms with Gasteiger partial charge in [-0.2, -0.15) is 5.10 Å². The second-order valence-corrected chi connectivity index (χ2v) is 12.4. The quantitative estimate of drug-likeness (QED) is 0.173. The van der Waals surface area contributed by atoms with Crippen LogP contribution in [0.1, 0.15) is 44.9 Å². The summed E-state index contributed by atoms with van der Waals surface area (Å²) in [5, 5.41) is 9.41. The van der Waals surface area contributed by atoms with Crippen LogP contribution in [0.4, 0.5) is 4.39 Å². The number of hydrogen-bond acceptors (Lipinski definition) is 7. The first kappa shape index (κ1) is 28.6. The Morgan fingerprint density at radius 3 is 2.54 bits per heavy atom. The molecule has 6 aromatic rings. The van der Waals surface area contributed by atoms with Crippen LogP contribution in [-0.2, 0) is 0 Å². The number of aromatic nitrogens is 6. The lowest BCUT2D eigenvalue weighted by Crippen LogP contribution is -2.25. The molecule has 9 nitrogen and oxygen atoms in total. The molecule has 2 N–H and O–H groups in total. The van der Waals surface area contributed by atoms with Crippen LogP contribution in [0.5, 0.6) is 11.5 Å². The lowest BCUT2D eigenvalue weighted by Gasteiger charge is -2.23. The van der Waals surface area contributed by atoms with Gasteiger partial charge in [-0.15, -0.1) is 0 Å². The molecule has 0 spiro atoms. The molecule has 1 aromatic carbocycles. The third kappa shape index (κ3) is 5.92. The van der Waals surface area contributed by atoms with Gasteiger partial charge in [-0.1, -0.05) is 6.42 Å². The Hall–Kier alpha value is -4.83. The van der Waals surface area contributed by atoms with Crippen LogP contribution >= 0.6 is 0 Å². The lowest BCUT2D eigenvalue weighted by molar-refractivity contribution is 0.154. The summed E-state index contributed by atoms with van der Waals surface area (Å²) < 4.78 is 27.1. The summed E-state index contributed by atoms with van der Waals surface area (Å²) in [6, 6.07) is 12.9. The molecule has 1 aliphatic heterocycles. The molecular weight excluding hydrogens is 581 g/mol. The largest absolute Gasteiger partial charge is 0.492 e. The summed E-state index contributed by atoms with van der Waals surface area (Å²) in [5.74, 6) is 0.965. The van der Waals surface area contributed by atoms with E-state index < -0.39 is 0 Å². The van der Waals surface area contributed by atoms with E-state index in [1.54, 1.807) is 12.4 Å². The molecule has 46 heavy (non-hydrogen) atoms. The fourth-order valence-corrected chi connectivity index (χ4v) is 6.79. The van der Waals surface area contributed by atoms with E-state index in [0.29, 0.717) is 23.7 Å². The minimum absolute atomic E-state index is 0.249. The van der Waals surface area contributed by atoms with Gasteiger partial charge in [-0.25, -0.2) is 14.4 Å². The van der Waals surface area contributed by atoms with Crippen LogP contribution in [0.2, 0.25) is 0 Å². The van der Waals surface area contributed by atoms with E-state index >= 15 is 0 Å². The van der Waals surface area contributed by atoms with Crippen molar-refractivity contribution < 1.29 is 13.9 Å². The topological polar surface area (TPSA) is 105 Å². The van der Waals surface area contributed by atoms with Crippen molar-refractivity contribution in [2.24, 2.45) is 0 Å². The molecule has 1 saturated heterocycles. The zero-order chi connectivity index (χ0) is 30.9. The number of rotatable bonds is 9. The molecule has 0 radical (unpaired) electrons. The molecule has 0 amide bonds. The van der Waals surface area contributed by atoms with Gasteiger partial charge in [0.1, 0.15) is 35.3 Å². The molecule has 6 heterocycles. The van der Waals surface area contributed by atoms with Crippen molar-refractivity contribution in [2.45, 2.75) is 51.0 Å². The van der Waals surface area contributed by atoms with Crippen molar-refractivity contribution in [3.8, 4) is 45.1 Å². The van der Waals surface area contributed by atoms with Gasteiger partial charge in [0.2, 0.25) is 0 Å². The summed E-state index contributed by atoms with van der Waals surface area (Å²) in [6.07, 6.45) is 15.8. The lowest BCUT2D eigenvalue weighted by atomic mass is 9.98. The van der Waals surface area contributed by atoms with E-state index in [9.17, 15) is 4.39 Å². The Morgan fingerprint density at radius 2 is 1.65 bits per heavy atom. The number of fused-ring (bicyclic) bond motifs is 2. The standard InChI is InChI=1S/C36H36FN7O2/c37-26-14-23(15-28(18-26)45-13-12-44-10-4-5-11-44)30-8-9-39-35-31(30)19-33(41-35)34-32-17-25(21-40-36(32)43-42-34)24-16-29(22-38-20-24)46-27-6-2-1-3-7-27/h8-9,14-22,27H,1-7,10-13H2,(H,39,41)(H,40,42,43). The van der Waals surface area contributed by atoms with Crippen molar-refractivity contribution in [1.29, 1.82) is 0 Å². The second kappa shape index (κ2) is 12.5. The maximum absolute atomic E-state index is 14.8. The van der Waals surface area contributed by atoms with Crippen LogP contribution in [-0.4, -0.2) is 67.4 Å². The molecule has 2 aliphatic rings. The zero-order valence-corrected chi connectivity index (χ0v) is 25.6. The molecular formula is C36H36FN7O2. The maximum atomic E-state index is 14.8. The van der Waals surface area contributed by atoms with Crippen LogP contribution < -0.4 is 9.47 Å². The van der Waals surface area contributed by atoms with E-state index in [2.05, 4.69) is 41.1 Å². The number of nitrogens with zero attached hydrogens (tertiary/aromatic N) is 5. The molecule has 0 atom stereocenters. The Bertz CT molecular complexity index is 1990. The number of benzene rings is 1. The van der Waals surface area contributed by atoms with Gasteiger partial charge < -0.3 is 14.5 Å². The van der Waals surface area contributed by atoms with E-state index in [4.69, 9.17) is 9.47 Å². The van der Waals surface area contributed by atoms with Crippen LogP contribution in [0.3, 0.4) is 0 Å². The number of halogens is 1. The molecule has 1 aliphatic carbocycles. The Kier molecular flexibility index (Phi) is 7.79. The molecule has 0 bridgehead atoms. The van der Waals surface area contributed by atoms with Gasteiger partial charge in [-0.3, -0.25) is 15.0 Å². The first-order valence-corrected chi connectivity index (χ1v) is 16.3. The number of pyridine rings is 3. The van der Waals surface area contributed by atoms with E-state index in [-0.39, 0.29) is 11.9 Å². The molecule has 2 fully saturated rings. The average molecular weight is 618 g/mol. The number of ether oxygens (including phenoxy) is 2. The highest BCUT2D eigenvalue weighted by Crippen LogP contribution is 2.36. The highest BCUT2D eigenvalue weighted by Gasteiger charge is 2.18. The monoisotopic (exact) mass is 617 g/mol.